The Hall–Kier alpha value is -1.91. The Morgan fingerprint density at radius 3 is 2.32 bits per heavy atom. The number of benzene rings is 2. The topological polar surface area (TPSA) is 52.3 Å². The van der Waals surface area contributed by atoms with Crippen LogP contribution in [-0.4, -0.2) is 12.6 Å². The fraction of sp³-hybridized carbons (Fsp3) is 0.350. The second-order valence-electron chi connectivity index (χ2n) is 6.23. The number of esters is 1. The molecular formula is C20H23ClFNO2. The van der Waals surface area contributed by atoms with Crippen molar-refractivity contribution in [3.05, 3.63) is 57.4 Å². The van der Waals surface area contributed by atoms with Gasteiger partial charge in [-0.1, -0.05) is 11.6 Å². The Bertz CT molecular complexity index is 782. The van der Waals surface area contributed by atoms with Gasteiger partial charge < -0.3 is 10.5 Å². The van der Waals surface area contributed by atoms with E-state index in [2.05, 4.69) is 0 Å². The molecule has 2 aromatic carbocycles. The molecule has 0 aromatic heterocycles. The molecule has 0 radical (unpaired) electrons. The molecule has 1 atom stereocenters. The lowest BCUT2D eigenvalue weighted by Crippen LogP contribution is -2.19. The molecule has 0 bridgehead atoms. The highest BCUT2D eigenvalue weighted by Crippen LogP contribution is 2.34. The van der Waals surface area contributed by atoms with Crippen molar-refractivity contribution in [3.63, 3.8) is 0 Å². The Balaban J connectivity index is 2.50. The molecule has 0 saturated carbocycles. The minimum absolute atomic E-state index is 0.0633. The molecule has 0 aliphatic rings. The molecule has 0 amide bonds. The number of halogens is 2. The monoisotopic (exact) mass is 363 g/mol. The molecule has 2 aromatic rings. The zero-order valence-corrected chi connectivity index (χ0v) is 15.7. The summed E-state index contributed by atoms with van der Waals surface area (Å²) in [5.41, 5.74) is 10.7. The predicted molar refractivity (Wildman–Crippen MR) is 99.2 cm³/mol. The first kappa shape index (κ1) is 19.4. The number of hydrogen-bond donors (Lipinski definition) is 1. The quantitative estimate of drug-likeness (QED) is 0.758. The summed E-state index contributed by atoms with van der Waals surface area (Å²) in [4.78, 5) is 11.7. The summed E-state index contributed by atoms with van der Waals surface area (Å²) in [7, 11) is 0. The highest BCUT2D eigenvalue weighted by atomic mass is 35.5. The van der Waals surface area contributed by atoms with Crippen LogP contribution in [0.5, 0.6) is 0 Å². The maximum absolute atomic E-state index is 14.6. The number of rotatable bonds is 5. The molecule has 0 aliphatic heterocycles. The van der Waals surface area contributed by atoms with E-state index in [0.29, 0.717) is 16.1 Å². The predicted octanol–water partition coefficient (Wildman–Crippen LogP) is 5.02. The van der Waals surface area contributed by atoms with E-state index in [1.165, 1.54) is 0 Å². The number of carbonyl (C=O) groups excluding carboxylic acids is 1. The van der Waals surface area contributed by atoms with Crippen molar-refractivity contribution < 1.29 is 13.9 Å². The summed E-state index contributed by atoms with van der Waals surface area (Å²) < 4.78 is 19.5. The average molecular weight is 364 g/mol. The molecule has 0 heterocycles. The van der Waals surface area contributed by atoms with E-state index < -0.39 is 12.0 Å². The number of carbonyl (C=O) groups is 1. The molecule has 2 rings (SSSR count). The third-order valence-corrected chi connectivity index (χ3v) is 4.38. The van der Waals surface area contributed by atoms with E-state index in [1.54, 1.807) is 26.0 Å². The molecule has 0 spiro atoms. The van der Waals surface area contributed by atoms with E-state index in [1.807, 2.05) is 26.0 Å². The fourth-order valence-corrected chi connectivity index (χ4v) is 3.41. The van der Waals surface area contributed by atoms with Gasteiger partial charge in [-0.2, -0.15) is 0 Å². The first-order chi connectivity index (χ1) is 11.7. The number of hydrogen-bond acceptors (Lipinski definition) is 3. The Kier molecular flexibility index (Phi) is 6.20. The lowest BCUT2D eigenvalue weighted by Gasteiger charge is -2.18. The van der Waals surface area contributed by atoms with Crippen LogP contribution < -0.4 is 5.73 Å². The van der Waals surface area contributed by atoms with E-state index in [9.17, 15) is 9.18 Å². The number of ether oxygens (including phenoxy) is 1. The zero-order valence-electron chi connectivity index (χ0n) is 15.0. The van der Waals surface area contributed by atoms with Crippen LogP contribution in [0.25, 0.3) is 11.1 Å². The van der Waals surface area contributed by atoms with Gasteiger partial charge in [0.25, 0.3) is 0 Å². The van der Waals surface area contributed by atoms with Gasteiger partial charge >= 0.3 is 5.97 Å². The SMILES string of the molecule is CCOC(=O)C[C@H](N)c1cc(-c2c(C)cc(Cl)cc2C)cc(C)c1F. The van der Waals surface area contributed by atoms with Crippen LogP contribution >= 0.6 is 11.6 Å². The highest BCUT2D eigenvalue weighted by Gasteiger charge is 2.20. The van der Waals surface area contributed by atoms with Gasteiger partial charge in [-0.05, 0) is 79.8 Å². The van der Waals surface area contributed by atoms with Crippen molar-refractivity contribution in [1.29, 1.82) is 0 Å². The molecular weight excluding hydrogens is 341 g/mol. The lowest BCUT2D eigenvalue weighted by atomic mass is 9.91. The van der Waals surface area contributed by atoms with Crippen LogP contribution in [0.3, 0.4) is 0 Å². The van der Waals surface area contributed by atoms with Crippen LogP contribution in [0.1, 0.15) is 41.6 Å². The smallest absolute Gasteiger partial charge is 0.307 e. The van der Waals surface area contributed by atoms with Gasteiger partial charge in [-0.25, -0.2) is 4.39 Å². The maximum Gasteiger partial charge on any atom is 0.307 e. The second-order valence-corrected chi connectivity index (χ2v) is 6.66. The van der Waals surface area contributed by atoms with Gasteiger partial charge in [-0.3, -0.25) is 4.79 Å². The highest BCUT2D eigenvalue weighted by molar-refractivity contribution is 6.30. The Morgan fingerprint density at radius 2 is 1.76 bits per heavy atom. The van der Waals surface area contributed by atoms with Crippen molar-refractivity contribution in [2.24, 2.45) is 5.73 Å². The van der Waals surface area contributed by atoms with Gasteiger partial charge in [-0.15, -0.1) is 0 Å². The third kappa shape index (κ3) is 4.39. The zero-order chi connectivity index (χ0) is 18.7. The summed E-state index contributed by atoms with van der Waals surface area (Å²) >= 11 is 6.10. The molecule has 0 saturated heterocycles. The molecule has 134 valence electrons. The first-order valence-corrected chi connectivity index (χ1v) is 8.60. The third-order valence-electron chi connectivity index (χ3n) is 4.16. The number of aryl methyl sites for hydroxylation is 3. The summed E-state index contributed by atoms with van der Waals surface area (Å²) in [5, 5.41) is 0.664. The largest absolute Gasteiger partial charge is 0.466 e. The van der Waals surface area contributed by atoms with Gasteiger partial charge in [0.1, 0.15) is 5.82 Å². The summed E-state index contributed by atoms with van der Waals surface area (Å²) in [6.45, 7) is 7.62. The number of nitrogens with two attached hydrogens (primary N) is 1. The van der Waals surface area contributed by atoms with Crippen molar-refractivity contribution in [1.82, 2.24) is 0 Å². The molecule has 0 unspecified atom stereocenters. The standard InChI is InChI=1S/C20H23ClFNO2/c1-5-25-18(24)10-17(23)16-9-14(6-13(4)20(16)22)19-11(2)7-15(21)8-12(19)3/h6-9,17H,5,10,23H2,1-4H3/t17-/m0/s1. The maximum atomic E-state index is 14.6. The van der Waals surface area contributed by atoms with Crippen LogP contribution in [0, 0.1) is 26.6 Å². The Labute approximate surface area is 152 Å². The average Bonchev–Trinajstić information content (AvgIpc) is 2.49. The summed E-state index contributed by atoms with van der Waals surface area (Å²) in [6.07, 6.45) is -0.0633. The molecule has 0 aliphatic carbocycles. The molecule has 3 nitrogen and oxygen atoms in total. The van der Waals surface area contributed by atoms with Gasteiger partial charge in [0.05, 0.1) is 13.0 Å². The van der Waals surface area contributed by atoms with E-state index in [0.717, 1.165) is 22.3 Å². The first-order valence-electron chi connectivity index (χ1n) is 8.23. The van der Waals surface area contributed by atoms with Crippen LogP contribution in [-0.2, 0) is 9.53 Å². The molecule has 0 fully saturated rings. The summed E-state index contributed by atoms with van der Waals surface area (Å²) in [6, 6.07) is 6.50. The molecule has 5 heteroatoms. The van der Waals surface area contributed by atoms with Crippen LogP contribution in [0.4, 0.5) is 4.39 Å². The van der Waals surface area contributed by atoms with E-state index in [4.69, 9.17) is 22.1 Å². The second kappa shape index (κ2) is 7.98. The molecule has 2 N–H and O–H groups in total. The van der Waals surface area contributed by atoms with Crippen molar-refractivity contribution >= 4 is 17.6 Å². The van der Waals surface area contributed by atoms with Crippen molar-refractivity contribution in [3.8, 4) is 11.1 Å². The van der Waals surface area contributed by atoms with Gasteiger partial charge in [0.2, 0.25) is 0 Å². The van der Waals surface area contributed by atoms with Crippen molar-refractivity contribution in [2.45, 2.75) is 40.2 Å². The normalized spacial score (nSPS) is 12.1. The minimum atomic E-state index is -0.759. The van der Waals surface area contributed by atoms with Gasteiger partial charge in [0.15, 0.2) is 0 Å². The summed E-state index contributed by atoms with van der Waals surface area (Å²) in [5.74, 6) is -0.818. The van der Waals surface area contributed by atoms with Crippen LogP contribution in [0.15, 0.2) is 24.3 Å². The van der Waals surface area contributed by atoms with Gasteiger partial charge in [0, 0.05) is 16.6 Å². The van der Waals surface area contributed by atoms with E-state index >= 15 is 0 Å². The van der Waals surface area contributed by atoms with Crippen molar-refractivity contribution in [2.75, 3.05) is 6.61 Å². The fourth-order valence-electron chi connectivity index (χ4n) is 3.09. The van der Waals surface area contributed by atoms with E-state index in [-0.39, 0.29) is 18.8 Å². The lowest BCUT2D eigenvalue weighted by molar-refractivity contribution is -0.143. The molecule has 25 heavy (non-hydrogen) atoms. The van der Waals surface area contributed by atoms with Crippen LogP contribution in [0.2, 0.25) is 5.02 Å². The Morgan fingerprint density at radius 1 is 1.16 bits per heavy atom. The minimum Gasteiger partial charge on any atom is -0.466 e.